The number of nitrogens with zero attached hydrogens (tertiary/aromatic N) is 5. The molecular weight excluding hydrogens is 486 g/mol. The molecule has 6 rings (SSSR count). The summed E-state index contributed by atoms with van der Waals surface area (Å²) >= 11 is 0. The molecule has 3 N–H and O–H groups in total. The van der Waals surface area contributed by atoms with E-state index in [0.717, 1.165) is 56.1 Å². The summed E-state index contributed by atoms with van der Waals surface area (Å²) in [5.41, 5.74) is 7.23. The lowest BCUT2D eigenvalue weighted by atomic mass is 10.0. The van der Waals surface area contributed by atoms with E-state index in [0.29, 0.717) is 0 Å². The fourth-order valence-corrected chi connectivity index (χ4v) is 4.53. The van der Waals surface area contributed by atoms with E-state index in [-0.39, 0.29) is 11.9 Å². The standard InChI is InChI=1S/C31H27N7O/c1-38(2)24-14-12-23(13-15-24)35-34-21-8-10-22(11-9-21)36-37-27-18-19-29-30-26(27)4-3-5-28(30)32-31(33-29)20-6-16-25(39)17-7-20/h3-19,31-33,39H,1-2H3/b35-34+,37-36+. The minimum atomic E-state index is -0.107. The van der Waals surface area contributed by atoms with Crippen LogP contribution in [0.2, 0.25) is 0 Å². The Kier molecular flexibility index (Phi) is 6.34. The van der Waals surface area contributed by atoms with Gasteiger partial charge < -0.3 is 20.6 Å². The van der Waals surface area contributed by atoms with E-state index in [1.807, 2.05) is 97.9 Å². The third kappa shape index (κ3) is 5.13. The van der Waals surface area contributed by atoms with Crippen molar-refractivity contribution in [3.63, 3.8) is 0 Å². The highest BCUT2D eigenvalue weighted by Crippen LogP contribution is 2.42. The molecule has 1 aliphatic heterocycles. The van der Waals surface area contributed by atoms with Gasteiger partial charge in [-0.3, -0.25) is 0 Å². The van der Waals surface area contributed by atoms with Crippen LogP contribution >= 0.6 is 0 Å². The molecule has 8 heteroatoms. The molecular formula is C31H27N7O. The summed E-state index contributed by atoms with van der Waals surface area (Å²) in [7, 11) is 4.01. The Labute approximate surface area is 226 Å². The van der Waals surface area contributed by atoms with Gasteiger partial charge in [-0.05, 0) is 84.4 Å². The second-order valence-corrected chi connectivity index (χ2v) is 9.50. The van der Waals surface area contributed by atoms with Crippen molar-refractivity contribution < 1.29 is 5.11 Å². The summed E-state index contributed by atoms with van der Waals surface area (Å²) in [5.74, 6) is 0.247. The molecule has 1 aliphatic rings. The number of anilines is 3. The SMILES string of the molecule is CN(C)c1ccc(/N=N/c2ccc(/N=N/c3ccc4c5c(cccc35)NC(c3ccc(O)cc3)N4)cc2)cc1. The quantitative estimate of drug-likeness (QED) is 0.197. The Hall–Kier alpha value is -5.24. The third-order valence-electron chi connectivity index (χ3n) is 6.61. The van der Waals surface area contributed by atoms with Crippen molar-refractivity contribution in [3.05, 3.63) is 109 Å². The molecule has 0 saturated heterocycles. The summed E-state index contributed by atoms with van der Waals surface area (Å²) < 4.78 is 0. The van der Waals surface area contributed by atoms with Gasteiger partial charge in [0.05, 0.1) is 22.7 Å². The number of phenolic OH excluding ortho intramolecular Hbond substituents is 1. The predicted octanol–water partition coefficient (Wildman–Crippen LogP) is 8.98. The number of hydrogen-bond donors (Lipinski definition) is 3. The average molecular weight is 514 g/mol. The Balaban J connectivity index is 1.19. The maximum atomic E-state index is 9.63. The van der Waals surface area contributed by atoms with Crippen molar-refractivity contribution in [2.24, 2.45) is 20.5 Å². The Bertz CT molecular complexity index is 1660. The molecule has 5 aromatic carbocycles. The van der Waals surface area contributed by atoms with Gasteiger partial charge in [-0.25, -0.2) is 0 Å². The summed E-state index contributed by atoms with van der Waals surface area (Å²) in [4.78, 5) is 2.04. The van der Waals surface area contributed by atoms with Crippen molar-refractivity contribution in [2.45, 2.75) is 6.17 Å². The summed E-state index contributed by atoms with van der Waals surface area (Å²) in [5, 5.41) is 36.5. The number of rotatable bonds is 6. The van der Waals surface area contributed by atoms with Crippen LogP contribution in [0.15, 0.2) is 124 Å². The van der Waals surface area contributed by atoms with Gasteiger partial charge in [0.1, 0.15) is 11.9 Å². The molecule has 0 spiro atoms. The van der Waals surface area contributed by atoms with Gasteiger partial charge in [-0.1, -0.05) is 24.3 Å². The monoisotopic (exact) mass is 513 g/mol. The zero-order chi connectivity index (χ0) is 26.8. The van der Waals surface area contributed by atoms with Crippen molar-refractivity contribution in [3.8, 4) is 5.75 Å². The lowest BCUT2D eigenvalue weighted by Gasteiger charge is -2.30. The molecule has 0 aromatic heterocycles. The highest BCUT2D eigenvalue weighted by atomic mass is 16.3. The molecule has 1 atom stereocenters. The van der Waals surface area contributed by atoms with E-state index >= 15 is 0 Å². The second kappa shape index (κ2) is 10.3. The van der Waals surface area contributed by atoms with Gasteiger partial charge >= 0.3 is 0 Å². The molecule has 0 aliphatic carbocycles. The molecule has 0 fully saturated rings. The molecule has 0 radical (unpaired) electrons. The molecule has 1 heterocycles. The molecule has 8 nitrogen and oxygen atoms in total. The van der Waals surface area contributed by atoms with E-state index in [4.69, 9.17) is 0 Å². The summed E-state index contributed by atoms with van der Waals surface area (Å²) in [6.07, 6.45) is -0.107. The summed E-state index contributed by atoms with van der Waals surface area (Å²) in [6.45, 7) is 0. The third-order valence-corrected chi connectivity index (χ3v) is 6.61. The average Bonchev–Trinajstić information content (AvgIpc) is 2.97. The van der Waals surface area contributed by atoms with E-state index in [9.17, 15) is 5.11 Å². The molecule has 5 aromatic rings. The number of azo groups is 2. The molecule has 1 unspecified atom stereocenters. The number of aromatic hydroxyl groups is 1. The van der Waals surface area contributed by atoms with Crippen LogP contribution in [0.5, 0.6) is 5.75 Å². The highest BCUT2D eigenvalue weighted by molar-refractivity contribution is 6.09. The van der Waals surface area contributed by atoms with Gasteiger partial charge in [0.2, 0.25) is 0 Å². The first kappa shape index (κ1) is 24.1. The fraction of sp³-hybridized carbons (Fsp3) is 0.0968. The Morgan fingerprint density at radius 2 is 1.18 bits per heavy atom. The number of phenols is 1. The van der Waals surface area contributed by atoms with Crippen molar-refractivity contribution >= 4 is 50.6 Å². The van der Waals surface area contributed by atoms with E-state index in [1.165, 1.54) is 0 Å². The van der Waals surface area contributed by atoms with Crippen LogP contribution in [0.1, 0.15) is 11.7 Å². The largest absolute Gasteiger partial charge is 0.508 e. The van der Waals surface area contributed by atoms with Crippen LogP contribution in [0, 0.1) is 0 Å². The zero-order valence-electron chi connectivity index (χ0n) is 21.6. The number of hydrogen-bond acceptors (Lipinski definition) is 8. The predicted molar refractivity (Wildman–Crippen MR) is 158 cm³/mol. The van der Waals surface area contributed by atoms with E-state index in [2.05, 4.69) is 43.2 Å². The van der Waals surface area contributed by atoms with Gasteiger partial charge in [-0.15, -0.1) is 5.11 Å². The number of benzene rings is 5. The smallest absolute Gasteiger partial charge is 0.123 e. The van der Waals surface area contributed by atoms with Crippen LogP contribution in [-0.4, -0.2) is 19.2 Å². The van der Waals surface area contributed by atoms with Gasteiger partial charge in [0.15, 0.2) is 0 Å². The lowest BCUT2D eigenvalue weighted by molar-refractivity contribution is 0.475. The van der Waals surface area contributed by atoms with E-state index < -0.39 is 0 Å². The topological polar surface area (TPSA) is 97.0 Å². The first-order valence-electron chi connectivity index (χ1n) is 12.6. The minimum Gasteiger partial charge on any atom is -0.508 e. The van der Waals surface area contributed by atoms with Crippen molar-refractivity contribution in [1.82, 2.24) is 0 Å². The maximum absolute atomic E-state index is 9.63. The van der Waals surface area contributed by atoms with Gasteiger partial charge in [-0.2, -0.15) is 15.3 Å². The number of nitrogens with one attached hydrogen (secondary N) is 2. The first-order chi connectivity index (χ1) is 19.0. The van der Waals surface area contributed by atoms with Gasteiger partial charge in [0.25, 0.3) is 0 Å². The van der Waals surface area contributed by atoms with Crippen LogP contribution < -0.4 is 15.5 Å². The van der Waals surface area contributed by atoms with Crippen molar-refractivity contribution in [1.29, 1.82) is 0 Å². The molecule has 39 heavy (non-hydrogen) atoms. The highest BCUT2D eigenvalue weighted by Gasteiger charge is 2.21. The zero-order valence-corrected chi connectivity index (χ0v) is 21.6. The van der Waals surface area contributed by atoms with Crippen molar-refractivity contribution in [2.75, 3.05) is 29.6 Å². The Morgan fingerprint density at radius 1 is 0.615 bits per heavy atom. The van der Waals surface area contributed by atoms with Crippen LogP contribution in [0.4, 0.5) is 39.8 Å². The van der Waals surface area contributed by atoms with Crippen LogP contribution in [0.25, 0.3) is 10.8 Å². The molecule has 0 amide bonds. The Morgan fingerprint density at radius 3 is 1.79 bits per heavy atom. The second-order valence-electron chi connectivity index (χ2n) is 9.50. The van der Waals surface area contributed by atoms with Crippen LogP contribution in [-0.2, 0) is 0 Å². The molecule has 192 valence electrons. The normalized spacial score (nSPS) is 14.5. The summed E-state index contributed by atoms with van der Waals surface area (Å²) in [6, 6.07) is 32.8. The van der Waals surface area contributed by atoms with Crippen LogP contribution in [0.3, 0.4) is 0 Å². The minimum absolute atomic E-state index is 0.107. The first-order valence-corrected chi connectivity index (χ1v) is 12.6. The lowest BCUT2D eigenvalue weighted by Crippen LogP contribution is -2.23. The fourth-order valence-electron chi connectivity index (χ4n) is 4.53. The maximum Gasteiger partial charge on any atom is 0.123 e. The molecule has 0 bridgehead atoms. The van der Waals surface area contributed by atoms with Gasteiger partial charge in [0, 0.05) is 41.9 Å². The van der Waals surface area contributed by atoms with E-state index in [1.54, 1.807) is 12.1 Å². The molecule has 0 saturated carbocycles.